The van der Waals surface area contributed by atoms with E-state index in [1.165, 1.54) is 6.07 Å². The molecule has 1 aromatic rings. The molecule has 1 aliphatic heterocycles. The molecule has 0 aromatic heterocycles. The summed E-state index contributed by atoms with van der Waals surface area (Å²) in [5.41, 5.74) is 6.40. The van der Waals surface area contributed by atoms with Gasteiger partial charge in [0.25, 0.3) is 0 Å². The highest BCUT2D eigenvalue weighted by atomic mass is 35.5. The Morgan fingerprint density at radius 3 is 2.91 bits per heavy atom. The Bertz CT molecular complexity index is 600. The monoisotopic (exact) mass is 336 g/mol. The largest absolute Gasteiger partial charge is 0.507 e. The summed E-state index contributed by atoms with van der Waals surface area (Å²) in [7, 11) is 0. The van der Waals surface area contributed by atoms with Gasteiger partial charge in [-0.3, -0.25) is 4.79 Å². The van der Waals surface area contributed by atoms with E-state index in [4.69, 9.17) is 17.3 Å². The SMILES string of the molecule is CC(N)=N/C(=C\N(C=O)C1CCCNC1)c1c(O)cccc1Cl. The van der Waals surface area contributed by atoms with Crippen molar-refractivity contribution < 1.29 is 9.90 Å². The van der Waals surface area contributed by atoms with E-state index in [9.17, 15) is 9.90 Å². The van der Waals surface area contributed by atoms with Crippen LogP contribution in [-0.4, -0.2) is 41.4 Å². The third-order valence-electron chi connectivity index (χ3n) is 3.63. The number of benzene rings is 1. The lowest BCUT2D eigenvalue weighted by molar-refractivity contribution is -0.117. The van der Waals surface area contributed by atoms with E-state index >= 15 is 0 Å². The molecule has 6 nitrogen and oxygen atoms in total. The van der Waals surface area contributed by atoms with Crippen LogP contribution in [0.5, 0.6) is 5.75 Å². The average Bonchev–Trinajstić information content (AvgIpc) is 2.52. The first kappa shape index (κ1) is 17.3. The Hall–Kier alpha value is -2.05. The van der Waals surface area contributed by atoms with Crippen molar-refractivity contribution >= 4 is 29.5 Å². The lowest BCUT2D eigenvalue weighted by atomic mass is 10.1. The van der Waals surface area contributed by atoms with Crippen LogP contribution >= 0.6 is 11.6 Å². The quantitative estimate of drug-likeness (QED) is 0.435. The van der Waals surface area contributed by atoms with Crippen molar-refractivity contribution in [2.45, 2.75) is 25.8 Å². The molecule has 7 heteroatoms. The number of aromatic hydroxyl groups is 1. The van der Waals surface area contributed by atoms with Crippen LogP contribution < -0.4 is 11.1 Å². The predicted molar refractivity (Wildman–Crippen MR) is 92.2 cm³/mol. The number of aliphatic imine (C=N–C) groups is 1. The summed E-state index contributed by atoms with van der Waals surface area (Å²) in [5, 5.41) is 13.7. The number of carbonyl (C=O) groups is 1. The highest BCUT2D eigenvalue weighted by Gasteiger charge is 2.20. The second-order valence-corrected chi connectivity index (χ2v) is 5.86. The number of amidine groups is 1. The summed E-state index contributed by atoms with van der Waals surface area (Å²) in [6.07, 6.45) is 4.24. The number of nitrogens with two attached hydrogens (primary N) is 1. The summed E-state index contributed by atoms with van der Waals surface area (Å²) < 4.78 is 0. The van der Waals surface area contributed by atoms with Gasteiger partial charge in [-0.15, -0.1) is 0 Å². The van der Waals surface area contributed by atoms with Crippen molar-refractivity contribution in [1.82, 2.24) is 10.2 Å². The number of hydrogen-bond acceptors (Lipinski definition) is 4. The van der Waals surface area contributed by atoms with Gasteiger partial charge in [0.2, 0.25) is 6.41 Å². The summed E-state index contributed by atoms with van der Waals surface area (Å²) in [6.45, 7) is 3.29. The van der Waals surface area contributed by atoms with E-state index in [1.54, 1.807) is 30.2 Å². The summed E-state index contributed by atoms with van der Waals surface area (Å²) in [5.74, 6) is 0.296. The zero-order chi connectivity index (χ0) is 16.8. The van der Waals surface area contributed by atoms with Gasteiger partial charge in [0.05, 0.1) is 22.1 Å². The van der Waals surface area contributed by atoms with Gasteiger partial charge in [0.15, 0.2) is 0 Å². The number of hydrogen-bond donors (Lipinski definition) is 3. The minimum absolute atomic E-state index is 0.0126. The van der Waals surface area contributed by atoms with Crippen LogP contribution in [0.1, 0.15) is 25.3 Å². The van der Waals surface area contributed by atoms with Crippen molar-refractivity contribution in [3.63, 3.8) is 0 Å². The average molecular weight is 337 g/mol. The molecule has 23 heavy (non-hydrogen) atoms. The number of phenols is 1. The fourth-order valence-corrected chi connectivity index (χ4v) is 2.82. The summed E-state index contributed by atoms with van der Waals surface area (Å²) >= 11 is 6.19. The number of phenolic OH excluding ortho intramolecular Hbond substituents is 1. The van der Waals surface area contributed by atoms with Gasteiger partial charge >= 0.3 is 0 Å². The second kappa shape index (κ2) is 7.99. The van der Waals surface area contributed by atoms with Crippen LogP contribution in [0.3, 0.4) is 0 Å². The third kappa shape index (κ3) is 4.46. The molecule has 1 aromatic carbocycles. The van der Waals surface area contributed by atoms with E-state index < -0.39 is 0 Å². The van der Waals surface area contributed by atoms with Crippen LogP contribution in [0.25, 0.3) is 5.70 Å². The molecule has 0 aliphatic carbocycles. The van der Waals surface area contributed by atoms with Gasteiger partial charge in [-0.1, -0.05) is 17.7 Å². The van der Waals surface area contributed by atoms with Crippen LogP contribution in [0, 0.1) is 0 Å². The molecule has 1 saturated heterocycles. The van der Waals surface area contributed by atoms with Crippen molar-refractivity contribution in [2.75, 3.05) is 13.1 Å². The van der Waals surface area contributed by atoms with Crippen LogP contribution in [0.4, 0.5) is 0 Å². The topological polar surface area (TPSA) is 91.0 Å². The molecular formula is C16H21ClN4O2. The normalized spacial score (nSPS) is 19.5. The fraction of sp³-hybridized carbons (Fsp3) is 0.375. The zero-order valence-corrected chi connectivity index (χ0v) is 13.8. The molecule has 0 spiro atoms. The molecule has 0 radical (unpaired) electrons. The molecule has 1 atom stereocenters. The Morgan fingerprint density at radius 2 is 2.35 bits per heavy atom. The molecule has 1 heterocycles. The minimum atomic E-state index is -0.0126. The first-order chi connectivity index (χ1) is 11.0. The van der Waals surface area contributed by atoms with Gasteiger partial charge in [0.1, 0.15) is 5.75 Å². The van der Waals surface area contributed by atoms with Crippen molar-refractivity contribution in [3.05, 3.63) is 35.0 Å². The van der Waals surface area contributed by atoms with Gasteiger partial charge in [0, 0.05) is 18.8 Å². The van der Waals surface area contributed by atoms with Crippen LogP contribution in [-0.2, 0) is 4.79 Å². The summed E-state index contributed by atoms with van der Waals surface area (Å²) in [6, 6.07) is 4.85. The first-order valence-corrected chi connectivity index (χ1v) is 7.84. The molecule has 4 N–H and O–H groups in total. The standard InChI is InChI=1S/C16H21ClN4O2/c1-11(18)20-14(16-13(17)5-2-6-15(16)23)9-21(10-22)12-4-3-7-19-8-12/h2,5-6,9-10,12,19,23H,3-4,7-8H2,1H3,(H2,18,20)/b14-9-. The number of halogens is 1. The molecule has 0 saturated carbocycles. The maximum absolute atomic E-state index is 11.5. The van der Waals surface area contributed by atoms with E-state index in [2.05, 4.69) is 10.3 Å². The number of rotatable bonds is 5. The minimum Gasteiger partial charge on any atom is -0.507 e. The predicted octanol–water partition coefficient (Wildman–Crippen LogP) is 1.93. The van der Waals surface area contributed by atoms with Crippen LogP contribution in [0.2, 0.25) is 5.02 Å². The lowest BCUT2D eigenvalue weighted by Crippen LogP contribution is -2.43. The number of amides is 1. The number of nitrogens with zero attached hydrogens (tertiary/aromatic N) is 2. The molecule has 1 unspecified atom stereocenters. The van der Waals surface area contributed by atoms with Crippen molar-refractivity contribution in [2.24, 2.45) is 10.7 Å². The van der Waals surface area contributed by atoms with Gasteiger partial charge in [-0.2, -0.15) is 0 Å². The Morgan fingerprint density at radius 1 is 1.57 bits per heavy atom. The fourth-order valence-electron chi connectivity index (χ4n) is 2.56. The molecular weight excluding hydrogens is 316 g/mol. The Balaban J connectivity index is 2.44. The zero-order valence-electron chi connectivity index (χ0n) is 13.0. The van der Waals surface area contributed by atoms with Gasteiger partial charge < -0.3 is 21.1 Å². The third-order valence-corrected chi connectivity index (χ3v) is 3.95. The molecule has 1 amide bonds. The lowest BCUT2D eigenvalue weighted by Gasteiger charge is -2.29. The smallest absolute Gasteiger partial charge is 0.214 e. The maximum Gasteiger partial charge on any atom is 0.214 e. The van der Waals surface area contributed by atoms with Gasteiger partial charge in [-0.05, 0) is 38.4 Å². The molecule has 1 fully saturated rings. The molecule has 124 valence electrons. The molecule has 0 bridgehead atoms. The number of nitrogens with one attached hydrogen (secondary N) is 1. The number of carbonyl (C=O) groups excluding carboxylic acids is 1. The Labute approximate surface area is 140 Å². The Kier molecular flexibility index (Phi) is 6.01. The maximum atomic E-state index is 11.5. The van der Waals surface area contributed by atoms with E-state index in [0.717, 1.165) is 25.8 Å². The highest BCUT2D eigenvalue weighted by molar-refractivity contribution is 6.32. The first-order valence-electron chi connectivity index (χ1n) is 7.47. The highest BCUT2D eigenvalue weighted by Crippen LogP contribution is 2.33. The van der Waals surface area contributed by atoms with E-state index in [-0.39, 0.29) is 11.8 Å². The van der Waals surface area contributed by atoms with E-state index in [1.807, 2.05) is 0 Å². The number of piperidine rings is 1. The molecule has 2 rings (SSSR count). The summed E-state index contributed by atoms with van der Waals surface area (Å²) in [4.78, 5) is 17.3. The van der Waals surface area contributed by atoms with Crippen LogP contribution in [0.15, 0.2) is 29.4 Å². The van der Waals surface area contributed by atoms with Crippen molar-refractivity contribution in [1.29, 1.82) is 0 Å². The van der Waals surface area contributed by atoms with Crippen molar-refractivity contribution in [3.8, 4) is 5.75 Å². The molecule has 1 aliphatic rings. The second-order valence-electron chi connectivity index (χ2n) is 5.45. The van der Waals surface area contributed by atoms with E-state index in [0.29, 0.717) is 28.7 Å². The van der Waals surface area contributed by atoms with Gasteiger partial charge in [-0.25, -0.2) is 4.99 Å².